The molecule has 0 amide bonds. The third kappa shape index (κ3) is 50.4. The van der Waals surface area contributed by atoms with Crippen LogP contribution in [0.15, 0.2) is 0 Å². The van der Waals surface area contributed by atoms with Gasteiger partial charge in [-0.3, -0.25) is 9.59 Å². The van der Waals surface area contributed by atoms with E-state index in [4.69, 9.17) is 10.2 Å². The molecule has 4 N–H and O–H groups in total. The minimum Gasteiger partial charge on any atom is -0.481 e. The molecule has 0 aromatic carbocycles. The van der Waals surface area contributed by atoms with Gasteiger partial charge in [-0.25, -0.2) is 0 Å². The van der Waals surface area contributed by atoms with Crippen LogP contribution < -0.4 is 0 Å². The van der Waals surface area contributed by atoms with Crippen LogP contribution in [0.2, 0.25) is 0 Å². The quantitative estimate of drug-likeness (QED) is 0.608. The molecule has 0 radical (unpaired) electrons. The first kappa shape index (κ1) is 16.5. The lowest BCUT2D eigenvalue weighted by Crippen LogP contribution is -1.86. The molecule has 5 heteroatoms. The summed E-state index contributed by atoms with van der Waals surface area (Å²) in [5.41, 5.74) is 0. The topological polar surface area (TPSA) is 106 Å². The average molecular weight is 166 g/mol. The molecule has 0 rings (SSSR count). The van der Waals surface area contributed by atoms with E-state index in [0.717, 1.165) is 0 Å². The van der Waals surface area contributed by atoms with Crippen LogP contribution in [0.25, 0.3) is 0 Å². The first-order valence-electron chi connectivity index (χ1n) is 2.98. The lowest BCUT2D eigenvalue weighted by atomic mass is 10.5. The molecule has 5 nitrogen and oxygen atoms in total. The summed E-state index contributed by atoms with van der Waals surface area (Å²) in [6.07, 6.45) is 0.444. The van der Waals surface area contributed by atoms with Crippen molar-refractivity contribution in [1.82, 2.24) is 0 Å². The molecular formula is C6H14O5. The Morgan fingerprint density at radius 2 is 1.09 bits per heavy atom. The van der Waals surface area contributed by atoms with Crippen molar-refractivity contribution in [2.24, 2.45) is 0 Å². The van der Waals surface area contributed by atoms with Gasteiger partial charge in [0.15, 0.2) is 0 Å². The lowest BCUT2D eigenvalue weighted by Gasteiger charge is -1.71. The monoisotopic (exact) mass is 166 g/mol. The molecule has 0 heterocycles. The summed E-state index contributed by atoms with van der Waals surface area (Å²) in [4.78, 5) is 18.7. The van der Waals surface area contributed by atoms with Crippen LogP contribution in [0.4, 0.5) is 0 Å². The SMILES string of the molecule is CCC(=O)O.CCC(=O)O.O. The summed E-state index contributed by atoms with van der Waals surface area (Å²) in [5.74, 6) is -1.49. The van der Waals surface area contributed by atoms with E-state index >= 15 is 0 Å². The maximum Gasteiger partial charge on any atom is 0.303 e. The number of hydrogen-bond donors (Lipinski definition) is 2. The highest BCUT2D eigenvalue weighted by atomic mass is 16.4. The number of carboxylic acid groups (broad SMARTS) is 2. The number of rotatable bonds is 2. The minimum atomic E-state index is -0.745. The molecule has 0 fully saturated rings. The largest absolute Gasteiger partial charge is 0.481 e. The summed E-state index contributed by atoms with van der Waals surface area (Å²) in [5, 5.41) is 15.4. The van der Waals surface area contributed by atoms with Crippen LogP contribution in [0.1, 0.15) is 26.7 Å². The fourth-order valence-electron chi connectivity index (χ4n) is 0. The van der Waals surface area contributed by atoms with Crippen LogP contribution in [0.3, 0.4) is 0 Å². The normalized spacial score (nSPS) is 6.73. The molecule has 0 saturated carbocycles. The average Bonchev–Trinajstić information content (AvgIpc) is 1.89. The second-order valence-electron chi connectivity index (χ2n) is 1.49. The Labute approximate surface area is 65.0 Å². The molecule has 0 aliphatic heterocycles. The molecule has 0 unspecified atom stereocenters. The smallest absolute Gasteiger partial charge is 0.303 e. The molecule has 0 aliphatic carbocycles. The van der Waals surface area contributed by atoms with Gasteiger partial charge in [0.05, 0.1) is 0 Å². The highest BCUT2D eigenvalue weighted by Crippen LogP contribution is 1.67. The fraction of sp³-hybridized carbons (Fsp3) is 0.667. The molecule has 0 bridgehead atoms. The van der Waals surface area contributed by atoms with Crippen LogP contribution in [0.5, 0.6) is 0 Å². The Bertz CT molecular complexity index is 95.5. The summed E-state index contributed by atoms with van der Waals surface area (Å²) < 4.78 is 0. The van der Waals surface area contributed by atoms with Gasteiger partial charge in [-0.1, -0.05) is 13.8 Å². The van der Waals surface area contributed by atoms with E-state index in [2.05, 4.69) is 0 Å². The molecule has 0 spiro atoms. The predicted octanol–water partition coefficient (Wildman–Crippen LogP) is 0.137. The first-order chi connectivity index (χ1) is 4.54. The van der Waals surface area contributed by atoms with Gasteiger partial charge in [-0.15, -0.1) is 0 Å². The number of hydrogen-bond acceptors (Lipinski definition) is 2. The molecule has 0 saturated heterocycles. The summed E-state index contributed by atoms with van der Waals surface area (Å²) in [6.45, 7) is 3.20. The van der Waals surface area contributed by atoms with Gasteiger partial charge in [0.2, 0.25) is 0 Å². The van der Waals surface area contributed by atoms with E-state index in [1.165, 1.54) is 0 Å². The van der Waals surface area contributed by atoms with Gasteiger partial charge in [0.1, 0.15) is 0 Å². The third-order valence-corrected chi connectivity index (χ3v) is 0.605. The highest BCUT2D eigenvalue weighted by Gasteiger charge is 1.81. The van der Waals surface area contributed by atoms with E-state index in [1.807, 2.05) is 0 Å². The molecule has 0 aromatic rings. The van der Waals surface area contributed by atoms with Crippen molar-refractivity contribution < 1.29 is 25.3 Å². The standard InChI is InChI=1S/2C3H6O2.H2O/c2*1-2-3(4)5;/h2*2H2,1H3,(H,4,5);1H2. The van der Waals surface area contributed by atoms with Gasteiger partial charge >= 0.3 is 11.9 Å². The lowest BCUT2D eigenvalue weighted by molar-refractivity contribution is -0.137. The Hall–Kier alpha value is -1.10. The van der Waals surface area contributed by atoms with Crippen LogP contribution in [-0.2, 0) is 9.59 Å². The predicted molar refractivity (Wildman–Crippen MR) is 39.5 cm³/mol. The van der Waals surface area contributed by atoms with Gasteiger partial charge in [0.25, 0.3) is 0 Å². The molecule has 0 atom stereocenters. The molecule has 0 aromatic heterocycles. The van der Waals surface area contributed by atoms with Crippen molar-refractivity contribution in [3.8, 4) is 0 Å². The van der Waals surface area contributed by atoms with E-state index in [0.29, 0.717) is 0 Å². The zero-order chi connectivity index (χ0) is 8.57. The zero-order valence-corrected chi connectivity index (χ0v) is 6.63. The fourth-order valence-corrected chi connectivity index (χ4v) is 0. The second-order valence-corrected chi connectivity index (χ2v) is 1.49. The van der Waals surface area contributed by atoms with Crippen LogP contribution in [-0.4, -0.2) is 27.6 Å². The van der Waals surface area contributed by atoms with Crippen molar-refractivity contribution >= 4 is 11.9 Å². The number of aliphatic carboxylic acids is 2. The van der Waals surface area contributed by atoms with E-state index in [-0.39, 0.29) is 18.3 Å². The summed E-state index contributed by atoms with van der Waals surface area (Å²) in [7, 11) is 0. The van der Waals surface area contributed by atoms with Gasteiger partial charge in [-0.2, -0.15) is 0 Å². The maximum absolute atomic E-state index is 9.37. The Balaban J connectivity index is -0.000000107. The van der Waals surface area contributed by atoms with Crippen molar-refractivity contribution in [3.05, 3.63) is 0 Å². The molecule has 0 aliphatic rings. The Kier molecular flexibility index (Phi) is 17.5. The van der Waals surface area contributed by atoms with E-state index < -0.39 is 11.9 Å². The highest BCUT2D eigenvalue weighted by molar-refractivity contribution is 5.66. The molecule has 11 heavy (non-hydrogen) atoms. The van der Waals surface area contributed by atoms with Gasteiger partial charge in [-0.05, 0) is 0 Å². The maximum atomic E-state index is 9.37. The van der Waals surface area contributed by atoms with Gasteiger partial charge in [0, 0.05) is 12.8 Å². The van der Waals surface area contributed by atoms with Crippen LogP contribution in [0, 0.1) is 0 Å². The van der Waals surface area contributed by atoms with Gasteiger partial charge < -0.3 is 15.7 Å². The van der Waals surface area contributed by atoms with Crippen LogP contribution >= 0.6 is 0 Å². The zero-order valence-electron chi connectivity index (χ0n) is 6.63. The van der Waals surface area contributed by atoms with Crippen molar-refractivity contribution in [2.45, 2.75) is 26.7 Å². The number of carboxylic acids is 2. The van der Waals surface area contributed by atoms with Crippen molar-refractivity contribution in [2.75, 3.05) is 0 Å². The summed E-state index contributed by atoms with van der Waals surface area (Å²) >= 11 is 0. The minimum absolute atomic E-state index is 0. The van der Waals surface area contributed by atoms with E-state index in [1.54, 1.807) is 13.8 Å². The molecule has 68 valence electrons. The molecular weight excluding hydrogens is 152 g/mol. The first-order valence-corrected chi connectivity index (χ1v) is 2.98. The Morgan fingerprint density at radius 3 is 1.09 bits per heavy atom. The summed E-state index contributed by atoms with van der Waals surface area (Å²) in [6, 6.07) is 0. The Morgan fingerprint density at radius 1 is 1.00 bits per heavy atom. The third-order valence-electron chi connectivity index (χ3n) is 0.605. The van der Waals surface area contributed by atoms with Crippen molar-refractivity contribution in [3.63, 3.8) is 0 Å². The second kappa shape index (κ2) is 11.7. The number of carbonyl (C=O) groups is 2. The van der Waals surface area contributed by atoms with Crippen molar-refractivity contribution in [1.29, 1.82) is 0 Å². The van der Waals surface area contributed by atoms with E-state index in [9.17, 15) is 9.59 Å².